The molecule has 1 heterocycles. The number of nitrogens with zero attached hydrogens (tertiary/aromatic N) is 3. The van der Waals surface area contributed by atoms with E-state index in [0.29, 0.717) is 38.7 Å². The van der Waals surface area contributed by atoms with Crippen molar-refractivity contribution in [1.29, 1.82) is 0 Å². The van der Waals surface area contributed by atoms with Gasteiger partial charge in [0.15, 0.2) is 11.9 Å². The van der Waals surface area contributed by atoms with Gasteiger partial charge >= 0.3 is 6.03 Å². The number of rotatable bonds is 11. The maximum absolute atomic E-state index is 13.1. The summed E-state index contributed by atoms with van der Waals surface area (Å²) in [6, 6.07) is 16.0. The minimum atomic E-state index is -0.196. The van der Waals surface area contributed by atoms with Gasteiger partial charge in [0.25, 0.3) is 0 Å². The number of carbonyl (C=O) groups is 1. The van der Waals surface area contributed by atoms with E-state index < -0.39 is 0 Å². The Morgan fingerprint density at radius 3 is 2.56 bits per heavy atom. The van der Waals surface area contributed by atoms with Crippen LogP contribution in [0.15, 0.2) is 70.7 Å². The third-order valence-electron chi connectivity index (χ3n) is 7.05. The summed E-state index contributed by atoms with van der Waals surface area (Å²) in [5.74, 6) is 1.39. The molecule has 0 spiro atoms. The third-order valence-corrected chi connectivity index (χ3v) is 7.05. The Kier molecular flexibility index (Phi) is 14.1. The second-order valence-electron chi connectivity index (χ2n) is 10.2. The van der Waals surface area contributed by atoms with Crippen molar-refractivity contribution in [3.05, 3.63) is 77.4 Å². The molecule has 0 atom stereocenters. The number of ether oxygens (including phenoxy) is 1. The van der Waals surface area contributed by atoms with Crippen LogP contribution in [0.3, 0.4) is 0 Å². The number of urea groups is 1. The number of unbranched alkanes of at least 4 members (excludes halogenated alkanes) is 5. The molecule has 0 saturated carbocycles. The van der Waals surface area contributed by atoms with Crippen LogP contribution in [0.1, 0.15) is 68.6 Å². The van der Waals surface area contributed by atoms with E-state index in [0.717, 1.165) is 74.8 Å². The summed E-state index contributed by atoms with van der Waals surface area (Å²) in [5, 5.41) is 5.96. The van der Waals surface area contributed by atoms with Crippen LogP contribution in [0.4, 0.5) is 4.79 Å². The average Bonchev–Trinajstić information content (AvgIpc) is 2.98. The SMILES string of the molecule is C/C=C/CN=C(N)NCCCCCCCCN1CCCc2ccccc2COc2ccccc2CN=C(N)NC1=O. The van der Waals surface area contributed by atoms with Gasteiger partial charge in [0.05, 0.1) is 13.1 Å². The van der Waals surface area contributed by atoms with Crippen LogP contribution < -0.4 is 26.8 Å². The highest BCUT2D eigenvalue weighted by Gasteiger charge is 2.15. The van der Waals surface area contributed by atoms with E-state index in [1.807, 2.05) is 54.3 Å². The molecule has 9 nitrogen and oxygen atoms in total. The van der Waals surface area contributed by atoms with Gasteiger partial charge in [-0.3, -0.25) is 5.32 Å². The molecule has 2 aromatic carbocycles. The third kappa shape index (κ3) is 11.9. The number of guanidine groups is 2. The van der Waals surface area contributed by atoms with Gasteiger partial charge in [-0.1, -0.05) is 80.3 Å². The van der Waals surface area contributed by atoms with E-state index in [-0.39, 0.29) is 12.0 Å². The smallest absolute Gasteiger partial charge is 0.324 e. The maximum atomic E-state index is 13.1. The summed E-state index contributed by atoms with van der Waals surface area (Å²) < 4.78 is 6.18. The standard InChI is InChI=1S/C32H47N7O2/c1-2-3-20-35-30(33)36-21-12-6-4-5-7-13-22-39-23-14-18-26-15-8-9-17-28(26)25-41-29-19-11-10-16-27(29)24-37-31(34)38-32(39)40/h2-3,8-11,15-17,19H,4-7,12-14,18,20-25H2,1H3,(H3,33,35,36)(H3,34,37,38,40)/b3-2+. The fourth-order valence-electron chi connectivity index (χ4n) is 4.71. The highest BCUT2D eigenvalue weighted by molar-refractivity contribution is 5.95. The number of aliphatic imine (C=N–C) groups is 2. The molecule has 0 aromatic heterocycles. The van der Waals surface area contributed by atoms with Crippen LogP contribution in [-0.2, 0) is 19.6 Å². The van der Waals surface area contributed by atoms with Gasteiger partial charge in [0.1, 0.15) is 12.4 Å². The molecule has 2 aromatic rings. The maximum Gasteiger partial charge on any atom is 0.324 e. The zero-order chi connectivity index (χ0) is 29.1. The summed E-state index contributed by atoms with van der Waals surface area (Å²) in [6.45, 7) is 5.57. The zero-order valence-corrected chi connectivity index (χ0v) is 24.5. The van der Waals surface area contributed by atoms with E-state index in [1.165, 1.54) is 5.56 Å². The second kappa shape index (κ2) is 18.4. The molecule has 1 aliphatic heterocycles. The first kappa shape index (κ1) is 31.5. The lowest BCUT2D eigenvalue weighted by Gasteiger charge is -2.23. The Morgan fingerprint density at radius 2 is 1.76 bits per heavy atom. The fraction of sp³-hybridized carbons (Fsp3) is 0.469. The van der Waals surface area contributed by atoms with Gasteiger partial charge in [-0.15, -0.1) is 0 Å². The summed E-state index contributed by atoms with van der Waals surface area (Å²) in [6.07, 6.45) is 12.2. The summed E-state index contributed by atoms with van der Waals surface area (Å²) >= 11 is 0. The van der Waals surface area contributed by atoms with Gasteiger partial charge in [0, 0.05) is 25.2 Å². The first-order valence-electron chi connectivity index (χ1n) is 14.8. The van der Waals surface area contributed by atoms with Crippen molar-refractivity contribution in [2.75, 3.05) is 26.2 Å². The molecule has 41 heavy (non-hydrogen) atoms. The van der Waals surface area contributed by atoms with E-state index in [1.54, 1.807) is 0 Å². The lowest BCUT2D eigenvalue weighted by atomic mass is 10.0. The van der Waals surface area contributed by atoms with Gasteiger partial charge in [-0.25, -0.2) is 14.8 Å². The average molecular weight is 562 g/mol. The van der Waals surface area contributed by atoms with Crippen molar-refractivity contribution >= 4 is 18.0 Å². The summed E-state index contributed by atoms with van der Waals surface area (Å²) in [4.78, 5) is 23.6. The molecule has 6 N–H and O–H groups in total. The number of allylic oxidation sites excluding steroid dienone is 1. The van der Waals surface area contributed by atoms with Crippen LogP contribution in [-0.4, -0.2) is 49.0 Å². The van der Waals surface area contributed by atoms with Gasteiger partial charge in [-0.05, 0) is 49.8 Å². The monoisotopic (exact) mass is 561 g/mol. The van der Waals surface area contributed by atoms with Crippen LogP contribution in [0.2, 0.25) is 0 Å². The predicted molar refractivity (Wildman–Crippen MR) is 168 cm³/mol. The Labute approximate surface area is 245 Å². The van der Waals surface area contributed by atoms with Crippen molar-refractivity contribution < 1.29 is 9.53 Å². The number of amides is 2. The minimum Gasteiger partial charge on any atom is -0.489 e. The van der Waals surface area contributed by atoms with Crippen LogP contribution in [0.5, 0.6) is 5.75 Å². The van der Waals surface area contributed by atoms with Gasteiger partial charge in [-0.2, -0.15) is 0 Å². The Balaban J connectivity index is 1.49. The number of nitrogens with one attached hydrogen (secondary N) is 2. The summed E-state index contributed by atoms with van der Waals surface area (Å²) in [5.41, 5.74) is 15.3. The number of aryl methyl sites for hydroxylation is 1. The second-order valence-corrected chi connectivity index (χ2v) is 10.2. The molecule has 9 heteroatoms. The van der Waals surface area contributed by atoms with Crippen molar-refractivity contribution in [1.82, 2.24) is 15.5 Å². The molecule has 1 aliphatic rings. The fourth-order valence-corrected chi connectivity index (χ4v) is 4.71. The highest BCUT2D eigenvalue weighted by atomic mass is 16.5. The first-order valence-corrected chi connectivity index (χ1v) is 14.8. The molecule has 0 saturated heterocycles. The van der Waals surface area contributed by atoms with Crippen molar-refractivity contribution in [3.8, 4) is 5.75 Å². The molecular formula is C32H47N7O2. The Hall–Kier alpha value is -4.01. The van der Waals surface area contributed by atoms with E-state index in [2.05, 4.69) is 38.8 Å². The Morgan fingerprint density at radius 1 is 1.05 bits per heavy atom. The molecular weight excluding hydrogens is 514 g/mol. The number of fused-ring (bicyclic) bond motifs is 2. The molecule has 0 bridgehead atoms. The lowest BCUT2D eigenvalue weighted by molar-refractivity contribution is 0.200. The number of para-hydroxylation sites is 1. The minimum absolute atomic E-state index is 0.120. The predicted octanol–water partition coefficient (Wildman–Crippen LogP) is 4.86. The number of hydrogen-bond acceptors (Lipinski definition) is 5. The van der Waals surface area contributed by atoms with Crippen molar-refractivity contribution in [2.24, 2.45) is 21.5 Å². The van der Waals surface area contributed by atoms with Crippen LogP contribution in [0.25, 0.3) is 0 Å². The highest BCUT2D eigenvalue weighted by Crippen LogP contribution is 2.22. The molecule has 222 valence electrons. The van der Waals surface area contributed by atoms with Crippen molar-refractivity contribution in [2.45, 2.75) is 71.4 Å². The molecule has 2 amide bonds. The number of hydrogen-bond donors (Lipinski definition) is 4. The van der Waals surface area contributed by atoms with E-state index in [9.17, 15) is 4.79 Å². The first-order chi connectivity index (χ1) is 20.1. The lowest BCUT2D eigenvalue weighted by Crippen LogP contribution is -2.46. The molecule has 0 unspecified atom stereocenters. The van der Waals surface area contributed by atoms with Crippen LogP contribution >= 0.6 is 0 Å². The Bertz CT molecular complexity index is 1160. The van der Waals surface area contributed by atoms with Gasteiger partial charge < -0.3 is 26.4 Å². The van der Waals surface area contributed by atoms with Gasteiger partial charge in [0.2, 0.25) is 0 Å². The molecule has 0 aliphatic carbocycles. The quantitative estimate of drug-likeness (QED) is 0.135. The molecule has 0 fully saturated rings. The normalized spacial score (nSPS) is 15.1. The van der Waals surface area contributed by atoms with E-state index in [4.69, 9.17) is 16.2 Å². The topological polar surface area (TPSA) is 130 Å². The molecule has 3 rings (SSSR count). The van der Waals surface area contributed by atoms with E-state index >= 15 is 0 Å². The van der Waals surface area contributed by atoms with Crippen LogP contribution in [0, 0.1) is 0 Å². The zero-order valence-electron chi connectivity index (χ0n) is 24.5. The number of carbonyl (C=O) groups excluding carboxylic acids is 1. The summed E-state index contributed by atoms with van der Waals surface area (Å²) in [7, 11) is 0. The largest absolute Gasteiger partial charge is 0.489 e. The van der Waals surface area contributed by atoms with Crippen molar-refractivity contribution in [3.63, 3.8) is 0 Å². The molecule has 0 radical (unpaired) electrons. The number of benzene rings is 2. The number of nitrogens with two attached hydrogens (primary N) is 2.